The minimum absolute atomic E-state index is 0.0835. The van der Waals surface area contributed by atoms with Crippen molar-refractivity contribution in [1.29, 1.82) is 5.26 Å². The summed E-state index contributed by atoms with van der Waals surface area (Å²) in [5.41, 5.74) is -1.01. The molecule has 8 heteroatoms. The summed E-state index contributed by atoms with van der Waals surface area (Å²) in [4.78, 5) is 49.1. The summed E-state index contributed by atoms with van der Waals surface area (Å²) < 4.78 is 0. The monoisotopic (exact) mass is 306 g/mol. The molecule has 0 aromatic heterocycles. The lowest BCUT2D eigenvalue weighted by atomic mass is 9.98. The zero-order valence-corrected chi connectivity index (χ0v) is 12.8. The molecule has 1 aliphatic carbocycles. The van der Waals surface area contributed by atoms with Gasteiger partial charge in [-0.05, 0) is 39.5 Å². The first kappa shape index (κ1) is 15.9. The minimum atomic E-state index is -1.01. The van der Waals surface area contributed by atoms with Crippen molar-refractivity contribution in [2.24, 2.45) is 5.92 Å². The van der Waals surface area contributed by atoms with Crippen LogP contribution >= 0.6 is 0 Å². The van der Waals surface area contributed by atoms with E-state index in [-0.39, 0.29) is 5.92 Å². The second kappa shape index (κ2) is 5.40. The van der Waals surface area contributed by atoms with Crippen LogP contribution in [0.15, 0.2) is 0 Å². The summed E-state index contributed by atoms with van der Waals surface area (Å²) in [5.74, 6) is -2.49. The summed E-state index contributed by atoms with van der Waals surface area (Å²) in [6.07, 6.45) is 1.71. The molecule has 1 atom stereocenters. The third-order valence-corrected chi connectivity index (χ3v) is 3.93. The second-order valence-corrected chi connectivity index (χ2v) is 6.08. The minimum Gasteiger partial charge on any atom is -0.336 e. The molecular weight excluding hydrogens is 288 g/mol. The third-order valence-electron chi connectivity index (χ3n) is 3.93. The van der Waals surface area contributed by atoms with Crippen molar-refractivity contribution < 1.29 is 19.2 Å². The Morgan fingerprint density at radius 2 is 1.95 bits per heavy atom. The van der Waals surface area contributed by atoms with Crippen LogP contribution in [0.3, 0.4) is 0 Å². The highest BCUT2D eigenvalue weighted by molar-refractivity contribution is 6.45. The molecule has 1 saturated heterocycles. The van der Waals surface area contributed by atoms with E-state index < -0.39 is 41.9 Å². The number of rotatable bonds is 5. The van der Waals surface area contributed by atoms with Gasteiger partial charge in [-0.25, -0.2) is 9.69 Å². The number of nitriles is 1. The summed E-state index contributed by atoms with van der Waals surface area (Å²) in [6.45, 7) is 4.26. The molecule has 0 aromatic rings. The van der Waals surface area contributed by atoms with Gasteiger partial charge in [0.1, 0.15) is 12.1 Å². The van der Waals surface area contributed by atoms with E-state index in [1.807, 2.05) is 0 Å². The van der Waals surface area contributed by atoms with E-state index in [9.17, 15) is 24.4 Å². The lowest BCUT2D eigenvalue weighted by Crippen LogP contribution is -2.51. The second-order valence-electron chi connectivity index (χ2n) is 6.08. The molecule has 1 saturated carbocycles. The van der Waals surface area contributed by atoms with E-state index in [2.05, 4.69) is 11.4 Å². The van der Waals surface area contributed by atoms with Gasteiger partial charge in [0.15, 0.2) is 0 Å². The molecule has 0 bridgehead atoms. The first-order valence-electron chi connectivity index (χ1n) is 7.12. The van der Waals surface area contributed by atoms with Gasteiger partial charge in [-0.15, -0.1) is 0 Å². The Kier molecular flexibility index (Phi) is 3.92. The maximum atomic E-state index is 12.0. The van der Waals surface area contributed by atoms with Crippen molar-refractivity contribution in [3.63, 3.8) is 0 Å². The van der Waals surface area contributed by atoms with Gasteiger partial charge in [-0.3, -0.25) is 19.3 Å². The molecular formula is C14H18N4O4. The topological polar surface area (TPSA) is 111 Å². The van der Waals surface area contributed by atoms with Crippen LogP contribution in [-0.2, 0) is 14.4 Å². The lowest BCUT2D eigenvalue weighted by Gasteiger charge is -2.24. The van der Waals surface area contributed by atoms with Gasteiger partial charge in [-0.2, -0.15) is 5.26 Å². The number of hydrogen-bond acceptors (Lipinski definition) is 5. The molecule has 22 heavy (non-hydrogen) atoms. The van der Waals surface area contributed by atoms with E-state index in [0.29, 0.717) is 4.90 Å². The maximum absolute atomic E-state index is 12.0. The first-order chi connectivity index (χ1) is 10.2. The fourth-order valence-electron chi connectivity index (χ4n) is 2.47. The number of urea groups is 1. The number of carbonyl (C=O) groups is 4. The van der Waals surface area contributed by atoms with Gasteiger partial charge in [0, 0.05) is 6.04 Å². The highest BCUT2D eigenvalue weighted by Gasteiger charge is 2.48. The van der Waals surface area contributed by atoms with Crippen molar-refractivity contribution >= 4 is 23.8 Å². The average Bonchev–Trinajstić information content (AvgIpc) is 3.25. The highest BCUT2D eigenvalue weighted by atomic mass is 16.2. The number of carbonyl (C=O) groups excluding carboxylic acids is 4. The maximum Gasteiger partial charge on any atom is 0.334 e. The smallest absolute Gasteiger partial charge is 0.334 e. The van der Waals surface area contributed by atoms with Crippen molar-refractivity contribution in [3.05, 3.63) is 0 Å². The van der Waals surface area contributed by atoms with Crippen LogP contribution in [0.4, 0.5) is 4.79 Å². The normalized spacial score (nSPS) is 21.1. The van der Waals surface area contributed by atoms with E-state index >= 15 is 0 Å². The number of imide groups is 2. The van der Waals surface area contributed by atoms with E-state index in [1.54, 1.807) is 20.8 Å². The standard InChI is InChI=1S/C14H18N4O4/c1-8(2)18-12(21)11(20)17(13(18)22)6-10(19)16-14(3,7-15)9-4-5-9/h8-9H,4-6H2,1-3H3,(H,16,19)/t14-/m0/s1. The van der Waals surface area contributed by atoms with Gasteiger partial charge < -0.3 is 5.32 Å². The molecule has 0 radical (unpaired) electrons. The Bertz CT molecular complexity index is 590. The molecule has 0 aromatic carbocycles. The average molecular weight is 306 g/mol. The molecule has 1 aliphatic heterocycles. The zero-order chi connectivity index (χ0) is 16.7. The Balaban J connectivity index is 2.06. The lowest BCUT2D eigenvalue weighted by molar-refractivity contribution is -0.144. The summed E-state index contributed by atoms with van der Waals surface area (Å²) in [6, 6.07) is 0.791. The van der Waals surface area contributed by atoms with E-state index in [4.69, 9.17) is 0 Å². The Morgan fingerprint density at radius 3 is 2.36 bits per heavy atom. The number of amides is 5. The predicted octanol–water partition coefficient (Wildman–Crippen LogP) is -0.00592. The van der Waals surface area contributed by atoms with Crippen LogP contribution in [0.25, 0.3) is 0 Å². The van der Waals surface area contributed by atoms with Gasteiger partial charge in [0.25, 0.3) is 0 Å². The molecule has 0 spiro atoms. The predicted molar refractivity (Wildman–Crippen MR) is 74.0 cm³/mol. The molecule has 8 nitrogen and oxygen atoms in total. The molecule has 1 N–H and O–H groups in total. The Labute approximate surface area is 128 Å². The van der Waals surface area contributed by atoms with Crippen LogP contribution in [0.2, 0.25) is 0 Å². The third kappa shape index (κ3) is 2.66. The van der Waals surface area contributed by atoms with Crippen LogP contribution < -0.4 is 5.32 Å². The van der Waals surface area contributed by atoms with Gasteiger partial charge in [0.2, 0.25) is 5.91 Å². The zero-order valence-electron chi connectivity index (χ0n) is 12.8. The van der Waals surface area contributed by atoms with Crippen LogP contribution in [0.1, 0.15) is 33.6 Å². The molecule has 2 rings (SSSR count). The largest absolute Gasteiger partial charge is 0.336 e. The molecule has 2 fully saturated rings. The first-order valence-corrected chi connectivity index (χ1v) is 7.12. The number of nitrogens with one attached hydrogen (secondary N) is 1. The molecule has 0 unspecified atom stereocenters. The van der Waals surface area contributed by atoms with Crippen molar-refractivity contribution in [1.82, 2.24) is 15.1 Å². The fraction of sp³-hybridized carbons (Fsp3) is 0.643. The van der Waals surface area contributed by atoms with Gasteiger partial charge in [-0.1, -0.05) is 0 Å². The van der Waals surface area contributed by atoms with Gasteiger partial charge >= 0.3 is 17.8 Å². The quantitative estimate of drug-likeness (QED) is 0.567. The van der Waals surface area contributed by atoms with E-state index in [1.165, 1.54) is 0 Å². The molecule has 1 heterocycles. The fourth-order valence-corrected chi connectivity index (χ4v) is 2.47. The van der Waals surface area contributed by atoms with Crippen LogP contribution in [-0.4, -0.2) is 51.7 Å². The summed E-state index contributed by atoms with van der Waals surface area (Å²) in [5, 5.41) is 11.7. The SMILES string of the molecule is CC(C)N1C(=O)C(=O)N(CC(=O)N[C@@](C)(C#N)C2CC2)C1=O. The van der Waals surface area contributed by atoms with Crippen molar-refractivity contribution in [3.8, 4) is 6.07 Å². The number of hydrogen-bond donors (Lipinski definition) is 1. The van der Waals surface area contributed by atoms with Crippen LogP contribution in [0, 0.1) is 17.2 Å². The Morgan fingerprint density at radius 1 is 1.36 bits per heavy atom. The van der Waals surface area contributed by atoms with Gasteiger partial charge in [0.05, 0.1) is 6.07 Å². The highest BCUT2D eigenvalue weighted by Crippen LogP contribution is 2.39. The Hall–Kier alpha value is -2.43. The van der Waals surface area contributed by atoms with E-state index in [0.717, 1.165) is 17.7 Å². The number of nitrogens with zero attached hydrogens (tertiary/aromatic N) is 3. The summed E-state index contributed by atoms with van der Waals surface area (Å²) >= 11 is 0. The summed E-state index contributed by atoms with van der Waals surface area (Å²) in [7, 11) is 0. The van der Waals surface area contributed by atoms with Crippen LogP contribution in [0.5, 0.6) is 0 Å². The molecule has 2 aliphatic rings. The molecule has 118 valence electrons. The molecule has 5 amide bonds. The van der Waals surface area contributed by atoms with Crippen molar-refractivity contribution in [2.75, 3.05) is 6.54 Å². The van der Waals surface area contributed by atoms with Crippen molar-refractivity contribution in [2.45, 2.75) is 45.2 Å².